The number of rotatable bonds is 6. The van der Waals surface area contributed by atoms with Crippen molar-refractivity contribution in [1.29, 1.82) is 0 Å². The number of halogens is 1. The SMILES string of the molecule is C[C@]12C[C@@H]3C[C@](C)(C1)C[C@@](Nc1nc(Cl)nc4c1ncn4[C@@H]1O[C@H](CCP(=O)(O)O)C(O)C1O)(C3)C2. The molecule has 0 amide bonds. The molecule has 8 atom stereocenters. The first kappa shape index (κ1) is 25.0. The summed E-state index contributed by atoms with van der Waals surface area (Å²) in [6.07, 6.45) is 3.26. The van der Waals surface area contributed by atoms with Crippen LogP contribution in [-0.2, 0) is 9.30 Å². The van der Waals surface area contributed by atoms with Crippen molar-refractivity contribution in [3.05, 3.63) is 11.6 Å². The molecule has 198 valence electrons. The number of fused-ring (bicyclic) bond motifs is 1. The van der Waals surface area contributed by atoms with Crippen LogP contribution in [-0.4, -0.2) is 69.5 Å². The van der Waals surface area contributed by atoms with E-state index in [2.05, 4.69) is 34.1 Å². The molecule has 4 saturated carbocycles. The van der Waals surface area contributed by atoms with Crippen molar-refractivity contribution in [2.75, 3.05) is 11.5 Å². The minimum Gasteiger partial charge on any atom is -0.388 e. The van der Waals surface area contributed by atoms with Crippen LogP contribution in [0.1, 0.15) is 65.0 Å². The van der Waals surface area contributed by atoms with Crippen LogP contribution < -0.4 is 5.32 Å². The molecule has 36 heavy (non-hydrogen) atoms. The van der Waals surface area contributed by atoms with Crippen molar-refractivity contribution in [3.63, 3.8) is 0 Å². The quantitative estimate of drug-likeness (QED) is 0.271. The van der Waals surface area contributed by atoms with E-state index in [1.165, 1.54) is 30.2 Å². The highest BCUT2D eigenvalue weighted by Crippen LogP contribution is 2.67. The van der Waals surface area contributed by atoms with E-state index >= 15 is 0 Å². The van der Waals surface area contributed by atoms with Gasteiger partial charge in [0.05, 0.1) is 18.6 Å². The van der Waals surface area contributed by atoms with Crippen LogP contribution in [0.5, 0.6) is 0 Å². The van der Waals surface area contributed by atoms with E-state index in [4.69, 9.17) is 16.3 Å². The highest BCUT2D eigenvalue weighted by atomic mass is 35.5. The van der Waals surface area contributed by atoms with Gasteiger partial charge in [0.25, 0.3) is 0 Å². The molecule has 13 heteroatoms. The Labute approximate surface area is 213 Å². The van der Waals surface area contributed by atoms with E-state index < -0.39 is 38.3 Å². The van der Waals surface area contributed by atoms with E-state index in [0.29, 0.717) is 33.7 Å². The molecule has 1 saturated heterocycles. The fourth-order valence-electron chi connectivity index (χ4n) is 8.49. The summed E-state index contributed by atoms with van der Waals surface area (Å²) < 4.78 is 18.6. The topological polar surface area (TPSA) is 163 Å². The van der Waals surface area contributed by atoms with Crippen LogP contribution in [0.4, 0.5) is 5.82 Å². The van der Waals surface area contributed by atoms with E-state index in [0.717, 1.165) is 19.3 Å². The number of aromatic nitrogens is 4. The molecule has 0 radical (unpaired) electrons. The van der Waals surface area contributed by atoms with Crippen molar-refractivity contribution < 1.29 is 29.3 Å². The van der Waals surface area contributed by atoms with E-state index in [-0.39, 0.29) is 17.2 Å². The minimum absolute atomic E-state index is 0.0278. The molecule has 11 nitrogen and oxygen atoms in total. The summed E-state index contributed by atoms with van der Waals surface area (Å²) in [5.74, 6) is 1.23. The summed E-state index contributed by atoms with van der Waals surface area (Å²) in [7, 11) is -4.27. The molecule has 2 aromatic heterocycles. The number of anilines is 1. The Kier molecular flexibility index (Phi) is 5.61. The lowest BCUT2D eigenvalue weighted by molar-refractivity contribution is -0.0973. The average molecular weight is 542 g/mol. The summed E-state index contributed by atoms with van der Waals surface area (Å²) in [6.45, 7) is 4.80. The monoisotopic (exact) mass is 541 g/mol. The molecule has 0 spiro atoms. The standard InChI is InChI=1S/C23H33ClN5O6P/c1-21-5-12-6-22(2,8-21)10-23(7-12,9-21)28-17-14-18(27-20(24)26-17)29(11-25-14)19-16(31)15(30)13(35-19)3-4-36(32,33)34/h11-13,15-16,19,30-31H,3-10H2,1-2H3,(H,26,27,28)(H2,32,33,34)/t12-,13-,15?,16?,19-,21+,22-,23-/m1/s1. The van der Waals surface area contributed by atoms with Crippen LogP contribution >= 0.6 is 19.2 Å². The van der Waals surface area contributed by atoms with Gasteiger partial charge in [0.15, 0.2) is 23.2 Å². The Bertz CT molecular complexity index is 1240. The molecule has 5 N–H and O–H groups in total. The molecule has 1 aliphatic heterocycles. The second-order valence-corrected chi connectivity index (χ2v) is 14.5. The molecule has 5 fully saturated rings. The maximum Gasteiger partial charge on any atom is 0.325 e. The molecule has 2 aromatic rings. The number of aliphatic hydroxyl groups excluding tert-OH is 2. The summed E-state index contributed by atoms with van der Waals surface area (Å²) in [5.41, 5.74) is 1.36. The van der Waals surface area contributed by atoms with Crippen molar-refractivity contribution in [3.8, 4) is 0 Å². The second-order valence-electron chi connectivity index (χ2n) is 12.4. The van der Waals surface area contributed by atoms with Gasteiger partial charge in [-0.1, -0.05) is 13.8 Å². The molecule has 0 aromatic carbocycles. The molecule has 3 heterocycles. The number of hydrogen-bond acceptors (Lipinski definition) is 8. The average Bonchev–Trinajstić information content (AvgIpc) is 3.24. The van der Waals surface area contributed by atoms with Crippen LogP contribution in [0.25, 0.3) is 11.2 Å². The Morgan fingerprint density at radius 3 is 2.47 bits per heavy atom. The summed E-state index contributed by atoms with van der Waals surface area (Å²) in [6, 6.07) is 0. The van der Waals surface area contributed by atoms with Gasteiger partial charge >= 0.3 is 7.60 Å². The Morgan fingerprint density at radius 1 is 1.14 bits per heavy atom. The minimum atomic E-state index is -4.27. The van der Waals surface area contributed by atoms with E-state index in [1.54, 1.807) is 0 Å². The maximum atomic E-state index is 11.3. The maximum absolute atomic E-state index is 11.3. The first-order valence-electron chi connectivity index (χ1n) is 12.5. The lowest BCUT2D eigenvalue weighted by Crippen LogP contribution is -2.61. The summed E-state index contributed by atoms with van der Waals surface area (Å²) >= 11 is 6.35. The summed E-state index contributed by atoms with van der Waals surface area (Å²) in [4.78, 5) is 31.7. The summed E-state index contributed by atoms with van der Waals surface area (Å²) in [5, 5.41) is 24.9. The molecule has 4 aliphatic carbocycles. The molecule has 2 unspecified atom stereocenters. The van der Waals surface area contributed by atoms with Crippen molar-refractivity contribution in [1.82, 2.24) is 19.5 Å². The van der Waals surface area contributed by atoms with Crippen LogP contribution in [0.15, 0.2) is 6.33 Å². The highest BCUT2D eigenvalue weighted by molar-refractivity contribution is 7.51. The Balaban J connectivity index is 1.31. The van der Waals surface area contributed by atoms with Gasteiger partial charge in [-0.15, -0.1) is 0 Å². The third-order valence-corrected chi connectivity index (χ3v) is 9.73. The molecule has 4 bridgehead atoms. The van der Waals surface area contributed by atoms with Crippen LogP contribution in [0, 0.1) is 16.7 Å². The predicted octanol–water partition coefficient (Wildman–Crippen LogP) is 2.83. The number of nitrogens with one attached hydrogen (secondary N) is 1. The van der Waals surface area contributed by atoms with E-state index in [1.807, 2.05) is 0 Å². The normalized spacial score (nSPS) is 41.9. The molecular weight excluding hydrogens is 509 g/mol. The van der Waals surface area contributed by atoms with Gasteiger partial charge in [-0.3, -0.25) is 9.13 Å². The second kappa shape index (κ2) is 8.09. The highest BCUT2D eigenvalue weighted by Gasteiger charge is 2.60. The van der Waals surface area contributed by atoms with Gasteiger partial charge in [-0.05, 0) is 73.3 Å². The lowest BCUT2D eigenvalue weighted by atomic mass is 9.43. The van der Waals surface area contributed by atoms with Crippen molar-refractivity contribution >= 4 is 36.2 Å². The van der Waals surface area contributed by atoms with Gasteiger partial charge in [0.1, 0.15) is 12.2 Å². The number of imidazole rings is 1. The molecular formula is C23H33ClN5O6P. The zero-order valence-electron chi connectivity index (χ0n) is 20.3. The van der Waals surface area contributed by atoms with Gasteiger partial charge in [0, 0.05) is 5.54 Å². The molecule has 5 aliphatic rings. The third-order valence-electron chi connectivity index (χ3n) is 8.72. The first-order chi connectivity index (χ1) is 16.8. The largest absolute Gasteiger partial charge is 0.388 e. The van der Waals surface area contributed by atoms with Gasteiger partial charge in [-0.25, -0.2) is 4.98 Å². The van der Waals surface area contributed by atoms with Crippen LogP contribution in [0.2, 0.25) is 5.28 Å². The molecule has 7 rings (SSSR count). The Morgan fingerprint density at radius 2 is 1.83 bits per heavy atom. The smallest absolute Gasteiger partial charge is 0.325 e. The fraction of sp³-hybridized carbons (Fsp3) is 0.783. The van der Waals surface area contributed by atoms with Gasteiger partial charge in [0.2, 0.25) is 5.28 Å². The van der Waals surface area contributed by atoms with Crippen molar-refractivity contribution in [2.45, 2.75) is 88.9 Å². The number of hydrogen-bond donors (Lipinski definition) is 5. The van der Waals surface area contributed by atoms with Gasteiger partial charge in [-0.2, -0.15) is 9.97 Å². The predicted molar refractivity (Wildman–Crippen MR) is 132 cm³/mol. The van der Waals surface area contributed by atoms with Crippen LogP contribution in [0.3, 0.4) is 0 Å². The zero-order valence-corrected chi connectivity index (χ0v) is 22.0. The number of aliphatic hydroxyl groups is 2. The first-order valence-corrected chi connectivity index (χ1v) is 14.7. The number of nitrogens with zero attached hydrogens (tertiary/aromatic N) is 4. The fourth-order valence-corrected chi connectivity index (χ4v) is 9.25. The number of ether oxygens (including phenoxy) is 1. The third kappa shape index (κ3) is 4.26. The Hall–Kier alpha value is -1.33. The van der Waals surface area contributed by atoms with Crippen molar-refractivity contribution in [2.24, 2.45) is 16.7 Å². The van der Waals surface area contributed by atoms with Gasteiger partial charge < -0.3 is 30.1 Å². The lowest BCUT2D eigenvalue weighted by Gasteiger charge is -2.65. The van der Waals surface area contributed by atoms with E-state index in [9.17, 15) is 24.6 Å². The zero-order chi connectivity index (χ0) is 25.7.